The standard InChI is InChI=1S/C10H17NO2/c1-9(12)13-11-8-10-6-4-2-3-5-7-10/h8,10H,2-7H2,1H3. The van der Waals surface area contributed by atoms with Gasteiger partial charge in [-0.1, -0.05) is 30.8 Å². The third kappa shape index (κ3) is 4.65. The van der Waals surface area contributed by atoms with Gasteiger partial charge in [-0.2, -0.15) is 0 Å². The fraction of sp³-hybridized carbons (Fsp3) is 0.800. The van der Waals surface area contributed by atoms with Crippen molar-refractivity contribution in [2.75, 3.05) is 0 Å². The van der Waals surface area contributed by atoms with E-state index in [1.165, 1.54) is 45.4 Å². The van der Waals surface area contributed by atoms with Crippen molar-refractivity contribution in [2.45, 2.75) is 45.4 Å². The molecule has 3 nitrogen and oxygen atoms in total. The predicted molar refractivity (Wildman–Crippen MR) is 51.5 cm³/mol. The van der Waals surface area contributed by atoms with Gasteiger partial charge in [0.1, 0.15) is 0 Å². The molecule has 0 aromatic heterocycles. The van der Waals surface area contributed by atoms with Gasteiger partial charge in [-0.05, 0) is 18.8 Å². The molecule has 13 heavy (non-hydrogen) atoms. The lowest BCUT2D eigenvalue weighted by molar-refractivity contribution is -0.140. The van der Waals surface area contributed by atoms with Crippen LogP contribution >= 0.6 is 0 Å². The molecule has 1 fully saturated rings. The Morgan fingerprint density at radius 2 is 1.92 bits per heavy atom. The van der Waals surface area contributed by atoms with Crippen molar-refractivity contribution in [1.82, 2.24) is 0 Å². The minimum atomic E-state index is -0.343. The Hall–Kier alpha value is -0.860. The molecule has 0 unspecified atom stereocenters. The summed E-state index contributed by atoms with van der Waals surface area (Å²) in [7, 11) is 0. The monoisotopic (exact) mass is 183 g/mol. The van der Waals surface area contributed by atoms with Gasteiger partial charge in [-0.25, -0.2) is 4.79 Å². The number of rotatable bonds is 2. The normalized spacial score (nSPS) is 20.1. The molecule has 3 heteroatoms. The molecular formula is C10H17NO2. The Kier molecular flexibility index (Phi) is 4.50. The summed E-state index contributed by atoms with van der Waals surface area (Å²) in [5, 5.41) is 3.66. The van der Waals surface area contributed by atoms with Crippen LogP contribution in [0.15, 0.2) is 5.16 Å². The van der Waals surface area contributed by atoms with Crippen LogP contribution in [0.25, 0.3) is 0 Å². The van der Waals surface area contributed by atoms with Crippen LogP contribution in [0.3, 0.4) is 0 Å². The van der Waals surface area contributed by atoms with E-state index in [1.807, 2.05) is 0 Å². The molecule has 0 radical (unpaired) electrons. The van der Waals surface area contributed by atoms with E-state index in [1.54, 1.807) is 6.21 Å². The lowest BCUT2D eigenvalue weighted by Gasteiger charge is -2.05. The summed E-state index contributed by atoms with van der Waals surface area (Å²) in [6, 6.07) is 0. The van der Waals surface area contributed by atoms with E-state index in [9.17, 15) is 4.79 Å². The quantitative estimate of drug-likeness (QED) is 0.285. The number of carbonyl (C=O) groups excluding carboxylic acids is 1. The van der Waals surface area contributed by atoms with Crippen molar-refractivity contribution in [3.05, 3.63) is 0 Å². The summed E-state index contributed by atoms with van der Waals surface area (Å²) < 4.78 is 0. The molecule has 0 N–H and O–H groups in total. The third-order valence-corrected chi connectivity index (χ3v) is 2.35. The van der Waals surface area contributed by atoms with Gasteiger partial charge in [0.15, 0.2) is 0 Å². The molecule has 0 aromatic carbocycles. The van der Waals surface area contributed by atoms with E-state index in [2.05, 4.69) is 9.99 Å². The first-order valence-corrected chi connectivity index (χ1v) is 5.00. The molecular weight excluding hydrogens is 166 g/mol. The molecule has 1 saturated carbocycles. The largest absolute Gasteiger partial charge is 0.331 e. The van der Waals surface area contributed by atoms with Crippen LogP contribution in [0.1, 0.15) is 45.4 Å². The highest BCUT2D eigenvalue weighted by Crippen LogP contribution is 2.21. The van der Waals surface area contributed by atoms with Gasteiger partial charge >= 0.3 is 5.97 Å². The van der Waals surface area contributed by atoms with Gasteiger partial charge in [0.2, 0.25) is 0 Å². The fourth-order valence-electron chi connectivity index (χ4n) is 1.65. The maximum absolute atomic E-state index is 10.4. The Morgan fingerprint density at radius 3 is 2.46 bits per heavy atom. The van der Waals surface area contributed by atoms with Crippen LogP contribution in [0.4, 0.5) is 0 Å². The highest BCUT2D eigenvalue weighted by Gasteiger charge is 2.09. The first kappa shape index (κ1) is 10.2. The molecule has 1 aliphatic rings. The second-order valence-electron chi connectivity index (χ2n) is 3.59. The lowest BCUT2D eigenvalue weighted by Crippen LogP contribution is -2.01. The molecule has 74 valence electrons. The predicted octanol–water partition coefficient (Wildman–Crippen LogP) is 2.51. The van der Waals surface area contributed by atoms with Crippen molar-refractivity contribution in [2.24, 2.45) is 11.1 Å². The molecule has 0 spiro atoms. The topological polar surface area (TPSA) is 38.7 Å². The van der Waals surface area contributed by atoms with Crippen LogP contribution in [-0.2, 0) is 9.63 Å². The van der Waals surface area contributed by atoms with Crippen LogP contribution in [0.2, 0.25) is 0 Å². The second kappa shape index (κ2) is 5.73. The molecule has 0 amide bonds. The lowest BCUT2D eigenvalue weighted by atomic mass is 10.0. The van der Waals surface area contributed by atoms with Crippen LogP contribution in [-0.4, -0.2) is 12.2 Å². The number of oxime groups is 1. The van der Waals surface area contributed by atoms with Crippen LogP contribution in [0, 0.1) is 5.92 Å². The number of carbonyl (C=O) groups is 1. The van der Waals surface area contributed by atoms with Crippen molar-refractivity contribution in [3.63, 3.8) is 0 Å². The Bertz CT molecular complexity index is 181. The zero-order valence-corrected chi connectivity index (χ0v) is 8.16. The van der Waals surface area contributed by atoms with Gasteiger partial charge in [0.25, 0.3) is 0 Å². The molecule has 0 saturated heterocycles. The minimum absolute atomic E-state index is 0.343. The van der Waals surface area contributed by atoms with Crippen molar-refractivity contribution in [1.29, 1.82) is 0 Å². The summed E-state index contributed by atoms with van der Waals surface area (Å²) in [6.07, 6.45) is 9.37. The zero-order chi connectivity index (χ0) is 9.52. The van der Waals surface area contributed by atoms with Crippen molar-refractivity contribution < 1.29 is 9.63 Å². The average molecular weight is 183 g/mol. The molecule has 0 heterocycles. The average Bonchev–Trinajstić information content (AvgIpc) is 2.32. The zero-order valence-electron chi connectivity index (χ0n) is 8.16. The van der Waals surface area contributed by atoms with Gasteiger partial charge in [-0.15, -0.1) is 0 Å². The summed E-state index contributed by atoms with van der Waals surface area (Å²) in [5.74, 6) is 0.173. The highest BCUT2D eigenvalue weighted by atomic mass is 16.7. The van der Waals surface area contributed by atoms with Gasteiger partial charge < -0.3 is 4.84 Å². The smallest absolute Gasteiger partial charge is 0.319 e. The first-order valence-electron chi connectivity index (χ1n) is 5.00. The van der Waals surface area contributed by atoms with Gasteiger partial charge in [-0.3, -0.25) is 0 Å². The number of hydrogen-bond acceptors (Lipinski definition) is 3. The van der Waals surface area contributed by atoms with Crippen LogP contribution in [0.5, 0.6) is 0 Å². The SMILES string of the molecule is CC(=O)ON=CC1CCCCCC1. The fourth-order valence-corrected chi connectivity index (χ4v) is 1.65. The van der Waals surface area contributed by atoms with E-state index in [4.69, 9.17) is 0 Å². The summed E-state index contributed by atoms with van der Waals surface area (Å²) in [5.41, 5.74) is 0. The number of nitrogens with zero attached hydrogens (tertiary/aromatic N) is 1. The summed E-state index contributed by atoms with van der Waals surface area (Å²) in [6.45, 7) is 1.37. The molecule has 0 bridgehead atoms. The Labute approximate surface area is 79.1 Å². The Morgan fingerprint density at radius 1 is 1.31 bits per heavy atom. The Balaban J connectivity index is 2.25. The second-order valence-corrected chi connectivity index (χ2v) is 3.59. The molecule has 0 aromatic rings. The van der Waals surface area contributed by atoms with E-state index < -0.39 is 0 Å². The summed E-state index contributed by atoms with van der Waals surface area (Å²) in [4.78, 5) is 14.9. The maximum atomic E-state index is 10.4. The van der Waals surface area contributed by atoms with E-state index >= 15 is 0 Å². The molecule has 1 aliphatic carbocycles. The number of hydrogen-bond donors (Lipinski definition) is 0. The van der Waals surface area contributed by atoms with E-state index in [-0.39, 0.29) is 5.97 Å². The van der Waals surface area contributed by atoms with Gasteiger partial charge in [0, 0.05) is 13.1 Å². The maximum Gasteiger partial charge on any atom is 0.331 e. The molecule has 1 rings (SSSR count). The minimum Gasteiger partial charge on any atom is -0.319 e. The highest BCUT2D eigenvalue weighted by molar-refractivity contribution is 5.67. The van der Waals surface area contributed by atoms with E-state index in [0.29, 0.717) is 5.92 Å². The third-order valence-electron chi connectivity index (χ3n) is 2.35. The van der Waals surface area contributed by atoms with Crippen LogP contribution < -0.4 is 0 Å². The summed E-state index contributed by atoms with van der Waals surface area (Å²) >= 11 is 0. The van der Waals surface area contributed by atoms with E-state index in [0.717, 1.165) is 0 Å². The van der Waals surface area contributed by atoms with Gasteiger partial charge in [0.05, 0.1) is 0 Å². The first-order chi connectivity index (χ1) is 6.29. The molecule has 0 atom stereocenters. The van der Waals surface area contributed by atoms with Crippen molar-refractivity contribution in [3.8, 4) is 0 Å². The van der Waals surface area contributed by atoms with Crippen molar-refractivity contribution >= 4 is 12.2 Å². The molecule has 0 aliphatic heterocycles.